The van der Waals surface area contributed by atoms with Crippen molar-refractivity contribution in [3.05, 3.63) is 23.2 Å². The number of aryl methyl sites for hydroxylation is 2. The van der Waals surface area contributed by atoms with Gasteiger partial charge in [-0.3, -0.25) is 0 Å². The molecule has 23 heavy (non-hydrogen) atoms. The van der Waals surface area contributed by atoms with E-state index in [0.29, 0.717) is 42.1 Å². The Labute approximate surface area is 133 Å². The van der Waals surface area contributed by atoms with E-state index in [4.69, 9.17) is 9.05 Å². The summed E-state index contributed by atoms with van der Waals surface area (Å²) in [6, 6.07) is -0.409. The van der Waals surface area contributed by atoms with Crippen molar-refractivity contribution in [1.29, 1.82) is 0 Å². The van der Waals surface area contributed by atoms with E-state index in [1.165, 1.54) is 4.31 Å². The van der Waals surface area contributed by atoms with E-state index in [0.717, 1.165) is 19.3 Å². The van der Waals surface area contributed by atoms with Gasteiger partial charge in [0.1, 0.15) is 16.6 Å². The fourth-order valence-electron chi connectivity index (χ4n) is 3.12. The molecule has 2 aliphatic rings. The summed E-state index contributed by atoms with van der Waals surface area (Å²) < 4.78 is 37.8. The summed E-state index contributed by atoms with van der Waals surface area (Å²) in [6.07, 6.45) is 3.58. The first-order valence-corrected chi connectivity index (χ1v) is 9.20. The molecule has 124 valence electrons. The molecule has 1 aliphatic carbocycles. The van der Waals surface area contributed by atoms with Gasteiger partial charge in [0.25, 0.3) is 0 Å². The Bertz CT molecular complexity index is 817. The topological polar surface area (TPSA) is 102 Å². The number of sulfonamides is 1. The zero-order valence-corrected chi connectivity index (χ0v) is 13.8. The summed E-state index contributed by atoms with van der Waals surface area (Å²) in [5.41, 5.74) is 0.373. The van der Waals surface area contributed by atoms with E-state index < -0.39 is 16.1 Å². The second kappa shape index (κ2) is 5.13. The van der Waals surface area contributed by atoms with Crippen molar-refractivity contribution >= 4 is 10.0 Å². The smallest absolute Gasteiger partial charge is 0.249 e. The SMILES string of the molecule is Cc1noc(C)c1S(=O)(=O)N1CCCC1c1nc(C2CC2)no1. The van der Waals surface area contributed by atoms with Crippen molar-refractivity contribution in [2.45, 2.75) is 56.4 Å². The molecule has 8 nitrogen and oxygen atoms in total. The largest absolute Gasteiger partial charge is 0.360 e. The Morgan fingerprint density at radius 1 is 1.13 bits per heavy atom. The van der Waals surface area contributed by atoms with Crippen molar-refractivity contribution in [2.24, 2.45) is 0 Å². The molecule has 1 unspecified atom stereocenters. The molecule has 4 rings (SSSR count). The van der Waals surface area contributed by atoms with Gasteiger partial charge in [-0.2, -0.15) is 9.29 Å². The first kappa shape index (κ1) is 14.8. The number of rotatable bonds is 4. The maximum Gasteiger partial charge on any atom is 0.249 e. The molecule has 0 spiro atoms. The number of nitrogens with zero attached hydrogens (tertiary/aromatic N) is 4. The summed E-state index contributed by atoms with van der Waals surface area (Å²) in [4.78, 5) is 4.57. The molecule has 9 heteroatoms. The minimum absolute atomic E-state index is 0.145. The van der Waals surface area contributed by atoms with Gasteiger partial charge >= 0.3 is 0 Å². The standard InChI is InChI=1S/C14H18N4O4S/c1-8-12(9(2)21-16-8)23(19,20)18-7-3-4-11(18)14-15-13(17-22-14)10-5-6-10/h10-11H,3-7H2,1-2H3. The fourth-order valence-corrected chi connectivity index (χ4v) is 5.07. The van der Waals surface area contributed by atoms with Crippen molar-refractivity contribution in [2.75, 3.05) is 6.54 Å². The summed E-state index contributed by atoms with van der Waals surface area (Å²) in [6.45, 7) is 3.67. The zero-order chi connectivity index (χ0) is 16.2. The van der Waals surface area contributed by atoms with Gasteiger partial charge < -0.3 is 9.05 Å². The molecule has 2 aromatic heterocycles. The van der Waals surface area contributed by atoms with E-state index in [9.17, 15) is 8.42 Å². The highest BCUT2D eigenvalue weighted by atomic mass is 32.2. The third-order valence-corrected chi connectivity index (χ3v) is 6.58. The highest BCUT2D eigenvalue weighted by molar-refractivity contribution is 7.89. The van der Waals surface area contributed by atoms with Crippen molar-refractivity contribution in [3.8, 4) is 0 Å². The Kier molecular flexibility index (Phi) is 3.31. The zero-order valence-electron chi connectivity index (χ0n) is 13.0. The third-order valence-electron chi connectivity index (χ3n) is 4.42. The number of hydrogen-bond acceptors (Lipinski definition) is 7. The van der Waals surface area contributed by atoms with E-state index >= 15 is 0 Å². The lowest BCUT2D eigenvalue weighted by Crippen LogP contribution is -2.31. The van der Waals surface area contributed by atoms with E-state index in [1.807, 2.05) is 0 Å². The number of hydrogen-bond donors (Lipinski definition) is 0. The predicted octanol–water partition coefficient (Wildman–Crippen LogP) is 2.08. The first-order valence-electron chi connectivity index (χ1n) is 7.76. The molecule has 1 atom stereocenters. The van der Waals surface area contributed by atoms with Gasteiger partial charge in [-0.05, 0) is 39.5 Å². The van der Waals surface area contributed by atoms with Crippen LogP contribution in [-0.4, -0.2) is 34.6 Å². The van der Waals surface area contributed by atoms with Gasteiger partial charge in [0.05, 0.1) is 0 Å². The van der Waals surface area contributed by atoms with Crippen LogP contribution >= 0.6 is 0 Å². The van der Waals surface area contributed by atoms with Crippen LogP contribution in [0.3, 0.4) is 0 Å². The van der Waals surface area contributed by atoms with Gasteiger partial charge in [0.15, 0.2) is 11.6 Å². The normalized spacial score (nSPS) is 22.8. The van der Waals surface area contributed by atoms with Gasteiger partial charge in [0, 0.05) is 12.5 Å². The molecule has 1 aliphatic heterocycles. The van der Waals surface area contributed by atoms with Crippen LogP contribution in [0.5, 0.6) is 0 Å². The van der Waals surface area contributed by atoms with Crippen LogP contribution < -0.4 is 0 Å². The maximum atomic E-state index is 13.0. The van der Waals surface area contributed by atoms with Gasteiger partial charge in [0.2, 0.25) is 15.9 Å². The van der Waals surface area contributed by atoms with Crippen LogP contribution in [-0.2, 0) is 10.0 Å². The van der Waals surface area contributed by atoms with E-state index in [2.05, 4.69) is 15.3 Å². The third kappa shape index (κ3) is 2.38. The molecule has 1 saturated carbocycles. The summed E-state index contributed by atoms with van der Waals surface area (Å²) in [5.74, 6) is 1.76. The molecule has 3 heterocycles. The first-order chi connectivity index (χ1) is 11.0. The number of aromatic nitrogens is 3. The lowest BCUT2D eigenvalue weighted by molar-refractivity contribution is 0.289. The quantitative estimate of drug-likeness (QED) is 0.840. The minimum atomic E-state index is -3.70. The lowest BCUT2D eigenvalue weighted by Gasteiger charge is -2.21. The molecule has 2 aromatic rings. The van der Waals surface area contributed by atoms with E-state index in [1.54, 1.807) is 13.8 Å². The van der Waals surface area contributed by atoms with Gasteiger partial charge in [-0.25, -0.2) is 8.42 Å². The van der Waals surface area contributed by atoms with Crippen LogP contribution in [0.4, 0.5) is 0 Å². The monoisotopic (exact) mass is 338 g/mol. The molecule has 2 fully saturated rings. The Morgan fingerprint density at radius 3 is 2.57 bits per heavy atom. The minimum Gasteiger partial charge on any atom is -0.360 e. The Balaban J connectivity index is 1.69. The highest BCUT2D eigenvalue weighted by Crippen LogP contribution is 2.41. The molecule has 1 saturated heterocycles. The van der Waals surface area contributed by atoms with Crippen LogP contribution in [0, 0.1) is 13.8 Å². The molecular formula is C14H18N4O4S. The maximum absolute atomic E-state index is 13.0. The predicted molar refractivity (Wildman–Crippen MR) is 78.1 cm³/mol. The molecule has 0 N–H and O–H groups in total. The van der Waals surface area contributed by atoms with Crippen molar-refractivity contribution in [1.82, 2.24) is 19.6 Å². The van der Waals surface area contributed by atoms with Crippen LogP contribution in [0.1, 0.15) is 60.8 Å². The van der Waals surface area contributed by atoms with Crippen LogP contribution in [0.25, 0.3) is 0 Å². The molecular weight excluding hydrogens is 320 g/mol. The van der Waals surface area contributed by atoms with Gasteiger partial charge in [-0.15, -0.1) is 0 Å². The fraction of sp³-hybridized carbons (Fsp3) is 0.643. The average molecular weight is 338 g/mol. The van der Waals surface area contributed by atoms with Crippen LogP contribution in [0.15, 0.2) is 13.9 Å². The van der Waals surface area contributed by atoms with Gasteiger partial charge in [-0.1, -0.05) is 10.3 Å². The Hall–Kier alpha value is -1.74. The molecule has 0 amide bonds. The second-order valence-corrected chi connectivity index (χ2v) is 8.02. The lowest BCUT2D eigenvalue weighted by atomic mass is 10.2. The summed E-state index contributed by atoms with van der Waals surface area (Å²) in [5, 5.41) is 7.75. The average Bonchev–Trinajstić information content (AvgIpc) is 2.92. The van der Waals surface area contributed by atoms with E-state index in [-0.39, 0.29) is 4.90 Å². The molecule has 0 radical (unpaired) electrons. The molecule has 0 aromatic carbocycles. The summed E-state index contributed by atoms with van der Waals surface area (Å²) in [7, 11) is -3.70. The van der Waals surface area contributed by atoms with Crippen molar-refractivity contribution in [3.63, 3.8) is 0 Å². The second-order valence-electron chi connectivity index (χ2n) is 6.19. The molecule has 0 bridgehead atoms. The van der Waals surface area contributed by atoms with Crippen molar-refractivity contribution < 1.29 is 17.5 Å². The summed E-state index contributed by atoms with van der Waals surface area (Å²) >= 11 is 0. The Morgan fingerprint density at radius 2 is 1.91 bits per heavy atom. The highest BCUT2D eigenvalue weighted by Gasteiger charge is 2.42. The van der Waals surface area contributed by atoms with Crippen LogP contribution in [0.2, 0.25) is 0 Å².